The minimum Gasteiger partial charge on any atom is -0.483 e. The fourth-order valence-electron chi connectivity index (χ4n) is 1.30. The second-order valence-electron chi connectivity index (χ2n) is 3.47. The molecule has 3 nitrogen and oxygen atoms in total. The Morgan fingerprint density at radius 3 is 2.35 bits per heavy atom. The second-order valence-corrected chi connectivity index (χ2v) is 4.39. The Morgan fingerprint density at radius 1 is 1.18 bits per heavy atom. The monoisotopic (exact) mass is 296 g/mol. The third-order valence-electron chi connectivity index (χ3n) is 2.13. The summed E-state index contributed by atoms with van der Waals surface area (Å²) in [6.07, 6.45) is 3.04. The molecule has 0 saturated heterocycles. The van der Waals surface area contributed by atoms with Crippen LogP contribution in [0.25, 0.3) is 0 Å². The van der Waals surface area contributed by atoms with Gasteiger partial charge in [0.1, 0.15) is 11.6 Å². The quantitative estimate of drug-likeness (QED) is 0.869. The molecule has 1 atom stereocenters. The van der Waals surface area contributed by atoms with Gasteiger partial charge >= 0.3 is 0 Å². The average molecular weight is 297 g/mol. The van der Waals surface area contributed by atoms with Crippen molar-refractivity contribution in [3.8, 4) is 5.75 Å². The molecule has 0 radical (unpaired) electrons. The van der Waals surface area contributed by atoms with E-state index in [-0.39, 0.29) is 11.9 Å². The van der Waals surface area contributed by atoms with Crippen LogP contribution in [0.15, 0.2) is 41.1 Å². The van der Waals surface area contributed by atoms with E-state index in [1.807, 2.05) is 6.92 Å². The summed E-state index contributed by atoms with van der Waals surface area (Å²) in [7, 11) is 0. The fraction of sp³-hybridized carbons (Fsp3) is 0.167. The largest absolute Gasteiger partial charge is 0.483 e. The topological polar surface area (TPSA) is 35.0 Å². The number of rotatable bonds is 3. The molecule has 0 fully saturated rings. The molecule has 5 heteroatoms. The molecule has 17 heavy (non-hydrogen) atoms. The van der Waals surface area contributed by atoms with Gasteiger partial charge in [0.05, 0.1) is 4.47 Å². The van der Waals surface area contributed by atoms with Crippen molar-refractivity contribution in [3.05, 3.63) is 52.8 Å². The van der Waals surface area contributed by atoms with Crippen molar-refractivity contribution in [2.24, 2.45) is 0 Å². The summed E-state index contributed by atoms with van der Waals surface area (Å²) in [6.45, 7) is 1.84. The Bertz CT molecular complexity index is 487. The van der Waals surface area contributed by atoms with Gasteiger partial charge in [-0.3, -0.25) is 0 Å². The Labute approximate surface area is 107 Å². The van der Waals surface area contributed by atoms with Gasteiger partial charge in [-0.15, -0.1) is 0 Å². The number of ether oxygens (including phenoxy) is 1. The Hall–Kier alpha value is -1.49. The molecule has 88 valence electrons. The van der Waals surface area contributed by atoms with E-state index >= 15 is 0 Å². The van der Waals surface area contributed by atoms with Crippen LogP contribution in [0, 0.1) is 5.82 Å². The standard InChI is InChI=1S/C12H10BrFN2O/c1-8(12-15-6-9(13)7-16-12)17-11-4-2-10(14)3-5-11/h2-8H,1H3/t8-/m1/s1. The van der Waals surface area contributed by atoms with Gasteiger partial charge in [-0.25, -0.2) is 14.4 Å². The molecule has 0 spiro atoms. The summed E-state index contributed by atoms with van der Waals surface area (Å²) >= 11 is 3.26. The van der Waals surface area contributed by atoms with Crippen LogP contribution in [-0.2, 0) is 0 Å². The first-order valence-corrected chi connectivity index (χ1v) is 5.84. The number of hydrogen-bond donors (Lipinski definition) is 0. The number of aromatic nitrogens is 2. The van der Waals surface area contributed by atoms with E-state index in [0.717, 1.165) is 4.47 Å². The van der Waals surface area contributed by atoms with Gasteiger partial charge < -0.3 is 4.74 Å². The molecule has 0 amide bonds. The first kappa shape index (κ1) is 12.0. The predicted molar refractivity (Wildman–Crippen MR) is 65.2 cm³/mol. The zero-order valence-electron chi connectivity index (χ0n) is 9.10. The smallest absolute Gasteiger partial charge is 0.169 e. The summed E-state index contributed by atoms with van der Waals surface area (Å²) in [5.41, 5.74) is 0. The lowest BCUT2D eigenvalue weighted by molar-refractivity contribution is 0.216. The van der Waals surface area contributed by atoms with Gasteiger partial charge in [0.25, 0.3) is 0 Å². The second kappa shape index (κ2) is 5.23. The van der Waals surface area contributed by atoms with E-state index in [9.17, 15) is 4.39 Å². The van der Waals surface area contributed by atoms with Crippen molar-refractivity contribution in [2.45, 2.75) is 13.0 Å². The van der Waals surface area contributed by atoms with Crippen LogP contribution in [0.3, 0.4) is 0 Å². The first-order valence-electron chi connectivity index (χ1n) is 5.05. The maximum Gasteiger partial charge on any atom is 0.169 e. The maximum absolute atomic E-state index is 12.7. The molecule has 1 aromatic heterocycles. The van der Waals surface area contributed by atoms with Crippen molar-refractivity contribution >= 4 is 15.9 Å². The molecule has 0 aliphatic heterocycles. The van der Waals surface area contributed by atoms with Gasteiger partial charge in [-0.1, -0.05) is 0 Å². The highest BCUT2D eigenvalue weighted by atomic mass is 79.9. The van der Waals surface area contributed by atoms with Crippen LogP contribution in [0.4, 0.5) is 4.39 Å². The molecule has 2 aromatic rings. The van der Waals surface area contributed by atoms with Crippen LogP contribution in [0.2, 0.25) is 0 Å². The molecule has 0 unspecified atom stereocenters. The highest BCUT2D eigenvalue weighted by Gasteiger charge is 2.10. The van der Waals surface area contributed by atoms with E-state index in [4.69, 9.17) is 4.74 Å². The van der Waals surface area contributed by atoms with E-state index in [0.29, 0.717) is 11.6 Å². The molecule has 0 saturated carbocycles. The average Bonchev–Trinajstić information content (AvgIpc) is 2.33. The van der Waals surface area contributed by atoms with E-state index in [2.05, 4.69) is 25.9 Å². The van der Waals surface area contributed by atoms with Crippen molar-refractivity contribution in [1.82, 2.24) is 9.97 Å². The maximum atomic E-state index is 12.7. The SMILES string of the molecule is C[C@@H](Oc1ccc(F)cc1)c1ncc(Br)cn1. The van der Waals surface area contributed by atoms with E-state index < -0.39 is 0 Å². The first-order chi connectivity index (χ1) is 8.15. The molecule has 2 rings (SSSR count). The summed E-state index contributed by atoms with van der Waals surface area (Å²) in [4.78, 5) is 8.27. The van der Waals surface area contributed by atoms with Crippen molar-refractivity contribution in [2.75, 3.05) is 0 Å². The minimum absolute atomic E-state index is 0.284. The molecule has 0 aliphatic rings. The number of halogens is 2. The highest BCUT2D eigenvalue weighted by molar-refractivity contribution is 9.10. The zero-order chi connectivity index (χ0) is 12.3. The third kappa shape index (κ3) is 3.23. The molecule has 1 heterocycles. The van der Waals surface area contributed by atoms with Crippen LogP contribution >= 0.6 is 15.9 Å². The lowest BCUT2D eigenvalue weighted by Crippen LogP contribution is -2.07. The molecular formula is C12H10BrFN2O. The zero-order valence-corrected chi connectivity index (χ0v) is 10.7. The molecular weight excluding hydrogens is 287 g/mol. The molecule has 0 aliphatic carbocycles. The van der Waals surface area contributed by atoms with Crippen molar-refractivity contribution in [1.29, 1.82) is 0 Å². The Kier molecular flexibility index (Phi) is 3.68. The predicted octanol–water partition coefficient (Wildman–Crippen LogP) is 3.52. The van der Waals surface area contributed by atoms with Gasteiger partial charge in [0.2, 0.25) is 0 Å². The number of nitrogens with zero attached hydrogens (tertiary/aromatic N) is 2. The van der Waals surface area contributed by atoms with Gasteiger partial charge in [-0.2, -0.15) is 0 Å². The minimum atomic E-state index is -0.287. The molecule has 0 bridgehead atoms. The Balaban J connectivity index is 2.08. The summed E-state index contributed by atoms with van der Waals surface area (Å²) in [6, 6.07) is 5.85. The van der Waals surface area contributed by atoms with Crippen LogP contribution in [-0.4, -0.2) is 9.97 Å². The summed E-state index contributed by atoms with van der Waals surface area (Å²) in [5.74, 6) is 0.882. The number of benzene rings is 1. The van der Waals surface area contributed by atoms with E-state index in [1.165, 1.54) is 12.1 Å². The van der Waals surface area contributed by atoms with Crippen LogP contribution in [0.5, 0.6) is 5.75 Å². The molecule has 1 aromatic carbocycles. The van der Waals surface area contributed by atoms with Crippen LogP contribution < -0.4 is 4.74 Å². The summed E-state index contributed by atoms with van der Waals surface area (Å²) < 4.78 is 19.1. The van der Waals surface area contributed by atoms with Crippen molar-refractivity contribution < 1.29 is 9.13 Å². The highest BCUT2D eigenvalue weighted by Crippen LogP contribution is 2.19. The van der Waals surface area contributed by atoms with Gasteiger partial charge in [-0.05, 0) is 47.1 Å². The van der Waals surface area contributed by atoms with E-state index in [1.54, 1.807) is 24.5 Å². The Morgan fingerprint density at radius 2 is 1.76 bits per heavy atom. The normalized spacial score (nSPS) is 12.2. The number of hydrogen-bond acceptors (Lipinski definition) is 3. The fourth-order valence-corrected chi connectivity index (χ4v) is 1.51. The molecule has 0 N–H and O–H groups in total. The lowest BCUT2D eigenvalue weighted by atomic mass is 10.3. The van der Waals surface area contributed by atoms with Crippen molar-refractivity contribution in [3.63, 3.8) is 0 Å². The van der Waals surface area contributed by atoms with Gasteiger partial charge in [0.15, 0.2) is 11.9 Å². The summed E-state index contributed by atoms with van der Waals surface area (Å²) in [5, 5.41) is 0. The lowest BCUT2D eigenvalue weighted by Gasteiger charge is -2.13. The van der Waals surface area contributed by atoms with Gasteiger partial charge in [0, 0.05) is 12.4 Å². The van der Waals surface area contributed by atoms with Crippen LogP contribution in [0.1, 0.15) is 18.9 Å². The third-order valence-corrected chi connectivity index (χ3v) is 2.54.